The van der Waals surface area contributed by atoms with Crippen LogP contribution in [0.3, 0.4) is 0 Å². The number of halogens is 2. The van der Waals surface area contributed by atoms with Gasteiger partial charge in [0.15, 0.2) is 0 Å². The minimum Gasteiger partial charge on any atom is -0.492 e. The average molecular weight is 243 g/mol. The summed E-state index contributed by atoms with van der Waals surface area (Å²) in [5.41, 5.74) is 0. The Morgan fingerprint density at radius 1 is 1.12 bits per heavy atom. The first-order chi connectivity index (χ1) is 8.08. The average Bonchev–Trinajstić information content (AvgIpc) is 2.21. The maximum atomic E-state index is 12.8. The zero-order valence-electron chi connectivity index (χ0n) is 10.3. The van der Waals surface area contributed by atoms with Gasteiger partial charge in [0, 0.05) is 24.7 Å². The van der Waals surface area contributed by atoms with Gasteiger partial charge in [-0.3, -0.25) is 0 Å². The van der Waals surface area contributed by atoms with Crippen LogP contribution in [0, 0.1) is 17.6 Å². The Morgan fingerprint density at radius 2 is 1.76 bits per heavy atom. The van der Waals surface area contributed by atoms with Crippen LogP contribution in [0.2, 0.25) is 0 Å². The van der Waals surface area contributed by atoms with Gasteiger partial charge >= 0.3 is 0 Å². The largest absolute Gasteiger partial charge is 0.492 e. The Balaban J connectivity index is 2.18. The fraction of sp³-hybridized carbons (Fsp3) is 0.538. The van der Waals surface area contributed by atoms with Gasteiger partial charge in [0.25, 0.3) is 0 Å². The van der Waals surface area contributed by atoms with Crippen molar-refractivity contribution < 1.29 is 13.5 Å². The lowest BCUT2D eigenvalue weighted by Gasteiger charge is -2.08. The van der Waals surface area contributed by atoms with Gasteiger partial charge in [0.05, 0.1) is 0 Å². The Labute approximate surface area is 101 Å². The lowest BCUT2D eigenvalue weighted by atomic mass is 10.1. The molecule has 1 aromatic carbocycles. The summed E-state index contributed by atoms with van der Waals surface area (Å²) in [6, 6.07) is 3.18. The van der Waals surface area contributed by atoms with E-state index in [-0.39, 0.29) is 5.75 Å². The van der Waals surface area contributed by atoms with Crippen molar-refractivity contribution in [3.63, 3.8) is 0 Å². The first-order valence-electron chi connectivity index (χ1n) is 5.87. The maximum Gasteiger partial charge on any atom is 0.129 e. The summed E-state index contributed by atoms with van der Waals surface area (Å²) in [6.45, 7) is 6.33. The molecule has 0 fully saturated rings. The molecule has 0 aliphatic carbocycles. The van der Waals surface area contributed by atoms with Crippen molar-refractivity contribution in [2.24, 2.45) is 5.92 Å². The normalized spacial score (nSPS) is 10.9. The number of nitrogens with one attached hydrogen (secondary N) is 1. The Morgan fingerprint density at radius 3 is 2.35 bits per heavy atom. The zero-order chi connectivity index (χ0) is 12.7. The topological polar surface area (TPSA) is 21.3 Å². The summed E-state index contributed by atoms with van der Waals surface area (Å²) >= 11 is 0. The Hall–Kier alpha value is -1.16. The van der Waals surface area contributed by atoms with E-state index >= 15 is 0 Å². The van der Waals surface area contributed by atoms with Gasteiger partial charge in [-0.05, 0) is 18.9 Å². The van der Waals surface area contributed by atoms with E-state index in [2.05, 4.69) is 19.2 Å². The molecule has 0 radical (unpaired) electrons. The lowest BCUT2D eigenvalue weighted by Crippen LogP contribution is -2.23. The van der Waals surface area contributed by atoms with Gasteiger partial charge in [0.1, 0.15) is 24.0 Å². The molecule has 0 heterocycles. The highest BCUT2D eigenvalue weighted by Gasteiger charge is 2.01. The van der Waals surface area contributed by atoms with E-state index in [1.54, 1.807) is 0 Å². The molecule has 4 heteroatoms. The summed E-state index contributed by atoms with van der Waals surface area (Å²) in [5.74, 6) is -0.338. The number of hydrogen-bond acceptors (Lipinski definition) is 2. The van der Waals surface area contributed by atoms with Crippen LogP contribution in [-0.4, -0.2) is 19.7 Å². The van der Waals surface area contributed by atoms with Crippen molar-refractivity contribution >= 4 is 0 Å². The van der Waals surface area contributed by atoms with Crippen LogP contribution in [-0.2, 0) is 0 Å². The minimum absolute atomic E-state index is 0.230. The molecule has 0 bridgehead atoms. The Kier molecular flexibility index (Phi) is 5.91. The summed E-state index contributed by atoms with van der Waals surface area (Å²) in [6.07, 6.45) is 1.11. The van der Waals surface area contributed by atoms with Crippen LogP contribution in [0.25, 0.3) is 0 Å². The standard InChI is InChI=1S/C13H19F2NO/c1-10(2)3-4-16-5-6-17-13-8-11(14)7-12(15)9-13/h7-10,16H,3-6H2,1-2H3. The number of ether oxygens (including phenoxy) is 1. The molecule has 2 nitrogen and oxygen atoms in total. The molecule has 96 valence electrons. The molecule has 0 aromatic heterocycles. The lowest BCUT2D eigenvalue weighted by molar-refractivity contribution is 0.309. The van der Waals surface area contributed by atoms with Crippen LogP contribution in [0.1, 0.15) is 20.3 Å². The summed E-state index contributed by atoms with van der Waals surface area (Å²) < 4.78 is 30.9. The fourth-order valence-electron chi connectivity index (χ4n) is 1.37. The molecule has 0 amide bonds. The molecule has 0 saturated heterocycles. The van der Waals surface area contributed by atoms with Crippen molar-refractivity contribution in [2.45, 2.75) is 20.3 Å². The van der Waals surface area contributed by atoms with Gasteiger partial charge in [0.2, 0.25) is 0 Å². The van der Waals surface area contributed by atoms with E-state index < -0.39 is 11.6 Å². The van der Waals surface area contributed by atoms with Crippen LogP contribution in [0.5, 0.6) is 5.75 Å². The van der Waals surface area contributed by atoms with Crippen LogP contribution >= 0.6 is 0 Å². The molecule has 0 saturated carbocycles. The van der Waals surface area contributed by atoms with E-state index in [4.69, 9.17) is 4.74 Å². The molecular formula is C13H19F2NO. The molecule has 0 atom stereocenters. The van der Waals surface area contributed by atoms with Crippen LogP contribution < -0.4 is 10.1 Å². The van der Waals surface area contributed by atoms with Gasteiger partial charge in [-0.25, -0.2) is 8.78 Å². The third-order valence-corrected chi connectivity index (χ3v) is 2.28. The molecular weight excluding hydrogens is 224 g/mol. The molecule has 0 aliphatic heterocycles. The fourth-order valence-corrected chi connectivity index (χ4v) is 1.37. The summed E-state index contributed by atoms with van der Waals surface area (Å²) in [7, 11) is 0. The van der Waals surface area contributed by atoms with Crippen molar-refractivity contribution in [2.75, 3.05) is 19.7 Å². The molecule has 0 spiro atoms. The summed E-state index contributed by atoms with van der Waals surface area (Å²) in [5, 5.41) is 3.20. The van der Waals surface area contributed by atoms with Gasteiger partial charge in [-0.1, -0.05) is 13.8 Å². The molecule has 17 heavy (non-hydrogen) atoms. The Bertz CT molecular complexity index is 322. The van der Waals surface area contributed by atoms with Crippen LogP contribution in [0.15, 0.2) is 18.2 Å². The molecule has 0 unspecified atom stereocenters. The number of rotatable bonds is 7. The molecule has 1 aromatic rings. The predicted octanol–water partition coefficient (Wildman–Crippen LogP) is 2.98. The van der Waals surface area contributed by atoms with Gasteiger partial charge in [-0.2, -0.15) is 0 Å². The molecule has 0 aliphatic rings. The predicted molar refractivity (Wildman–Crippen MR) is 64.2 cm³/mol. The van der Waals surface area contributed by atoms with E-state index in [9.17, 15) is 8.78 Å². The monoisotopic (exact) mass is 243 g/mol. The van der Waals surface area contributed by atoms with Crippen LogP contribution in [0.4, 0.5) is 8.78 Å². The first-order valence-corrected chi connectivity index (χ1v) is 5.87. The van der Waals surface area contributed by atoms with E-state index in [0.717, 1.165) is 19.0 Å². The highest BCUT2D eigenvalue weighted by molar-refractivity contribution is 5.23. The first kappa shape index (κ1) is 13.9. The number of benzene rings is 1. The second-order valence-electron chi connectivity index (χ2n) is 4.39. The summed E-state index contributed by atoms with van der Waals surface area (Å²) in [4.78, 5) is 0. The quantitative estimate of drug-likeness (QED) is 0.743. The third kappa shape index (κ3) is 6.22. The molecule has 1 N–H and O–H groups in total. The minimum atomic E-state index is -0.618. The molecule has 1 rings (SSSR count). The maximum absolute atomic E-state index is 12.8. The SMILES string of the molecule is CC(C)CCNCCOc1cc(F)cc(F)c1. The number of hydrogen-bond donors (Lipinski definition) is 1. The van der Waals surface area contributed by atoms with Gasteiger partial charge < -0.3 is 10.1 Å². The zero-order valence-corrected chi connectivity index (χ0v) is 10.3. The smallest absolute Gasteiger partial charge is 0.129 e. The van der Waals surface area contributed by atoms with E-state index in [1.165, 1.54) is 12.1 Å². The highest BCUT2D eigenvalue weighted by Crippen LogP contribution is 2.14. The van der Waals surface area contributed by atoms with Crippen molar-refractivity contribution in [3.05, 3.63) is 29.8 Å². The van der Waals surface area contributed by atoms with E-state index in [0.29, 0.717) is 19.1 Å². The second-order valence-corrected chi connectivity index (χ2v) is 4.39. The third-order valence-electron chi connectivity index (χ3n) is 2.28. The second kappa shape index (κ2) is 7.22. The highest BCUT2D eigenvalue weighted by atomic mass is 19.1. The van der Waals surface area contributed by atoms with Crippen molar-refractivity contribution in [1.29, 1.82) is 0 Å². The van der Waals surface area contributed by atoms with E-state index in [1.807, 2.05) is 0 Å². The van der Waals surface area contributed by atoms with Crippen molar-refractivity contribution in [1.82, 2.24) is 5.32 Å². The van der Waals surface area contributed by atoms with Gasteiger partial charge in [-0.15, -0.1) is 0 Å². The van der Waals surface area contributed by atoms with Crippen molar-refractivity contribution in [3.8, 4) is 5.75 Å².